The van der Waals surface area contributed by atoms with E-state index < -0.39 is 11.9 Å². The van der Waals surface area contributed by atoms with Crippen molar-refractivity contribution in [3.05, 3.63) is 18.0 Å². The first-order chi connectivity index (χ1) is 12.4. The molecule has 2 aliphatic heterocycles. The van der Waals surface area contributed by atoms with Crippen LogP contribution >= 0.6 is 0 Å². The van der Waals surface area contributed by atoms with E-state index in [9.17, 15) is 18.0 Å². The minimum Gasteiger partial charge on any atom is -0.460 e. The van der Waals surface area contributed by atoms with Gasteiger partial charge in [-0.05, 0) is 38.2 Å². The van der Waals surface area contributed by atoms with Crippen LogP contribution in [0.25, 0.3) is 0 Å². The van der Waals surface area contributed by atoms with E-state index in [1.54, 1.807) is 0 Å². The minimum atomic E-state index is -4.51. The molecule has 0 bridgehead atoms. The summed E-state index contributed by atoms with van der Waals surface area (Å²) in [5.74, 6) is 0.230. The SMILES string of the molecule is O=C1C(N2CCC(Oc3nccc(C(F)(F)F)n3)CC2)CCN1C1CC1. The van der Waals surface area contributed by atoms with Gasteiger partial charge >= 0.3 is 12.2 Å². The fraction of sp³-hybridized carbons (Fsp3) is 0.706. The van der Waals surface area contributed by atoms with Crippen LogP contribution in [0, 0.1) is 0 Å². The van der Waals surface area contributed by atoms with E-state index in [2.05, 4.69) is 14.9 Å². The highest BCUT2D eigenvalue weighted by atomic mass is 19.4. The van der Waals surface area contributed by atoms with Crippen molar-refractivity contribution in [2.45, 2.75) is 56.5 Å². The zero-order chi connectivity index (χ0) is 18.3. The molecule has 1 aliphatic carbocycles. The number of nitrogens with zero attached hydrogens (tertiary/aromatic N) is 4. The molecule has 2 saturated heterocycles. The van der Waals surface area contributed by atoms with Crippen LogP contribution in [0.2, 0.25) is 0 Å². The van der Waals surface area contributed by atoms with E-state index in [1.807, 2.05) is 4.90 Å². The van der Waals surface area contributed by atoms with Gasteiger partial charge in [-0.1, -0.05) is 0 Å². The van der Waals surface area contributed by atoms with Gasteiger partial charge in [0.05, 0.1) is 6.04 Å². The third-order valence-electron chi connectivity index (χ3n) is 5.31. The van der Waals surface area contributed by atoms with Gasteiger partial charge in [0, 0.05) is 31.9 Å². The number of hydrogen-bond donors (Lipinski definition) is 0. The van der Waals surface area contributed by atoms with Crippen LogP contribution in [0.4, 0.5) is 13.2 Å². The van der Waals surface area contributed by atoms with Gasteiger partial charge in [-0.25, -0.2) is 4.98 Å². The lowest BCUT2D eigenvalue weighted by molar-refractivity contribution is -0.141. The Morgan fingerprint density at radius 1 is 1.08 bits per heavy atom. The summed E-state index contributed by atoms with van der Waals surface area (Å²) in [5, 5.41) is 0. The molecule has 3 aliphatic rings. The van der Waals surface area contributed by atoms with E-state index in [4.69, 9.17) is 4.74 Å². The second-order valence-corrected chi connectivity index (χ2v) is 7.14. The van der Waals surface area contributed by atoms with Crippen molar-refractivity contribution in [3.8, 4) is 6.01 Å². The Morgan fingerprint density at radius 2 is 1.81 bits per heavy atom. The number of piperidine rings is 1. The summed E-state index contributed by atoms with van der Waals surface area (Å²) in [4.78, 5) is 23.9. The van der Waals surface area contributed by atoms with Crippen molar-refractivity contribution >= 4 is 5.91 Å². The number of likely N-dealkylation sites (tertiary alicyclic amines) is 2. The Balaban J connectivity index is 1.31. The molecule has 0 radical (unpaired) electrons. The largest absolute Gasteiger partial charge is 0.460 e. The highest BCUT2D eigenvalue weighted by Gasteiger charge is 2.43. The van der Waals surface area contributed by atoms with E-state index in [0.29, 0.717) is 32.0 Å². The molecule has 1 saturated carbocycles. The molecule has 26 heavy (non-hydrogen) atoms. The Morgan fingerprint density at radius 3 is 2.46 bits per heavy atom. The fourth-order valence-corrected chi connectivity index (χ4v) is 3.78. The summed E-state index contributed by atoms with van der Waals surface area (Å²) < 4.78 is 43.7. The van der Waals surface area contributed by atoms with Crippen LogP contribution in [-0.4, -0.2) is 63.5 Å². The van der Waals surface area contributed by atoms with Crippen LogP contribution in [0.3, 0.4) is 0 Å². The van der Waals surface area contributed by atoms with Gasteiger partial charge < -0.3 is 9.64 Å². The number of amides is 1. The molecule has 9 heteroatoms. The number of ether oxygens (including phenoxy) is 1. The fourth-order valence-electron chi connectivity index (χ4n) is 3.78. The normalized spacial score (nSPS) is 25.7. The van der Waals surface area contributed by atoms with Crippen molar-refractivity contribution in [1.82, 2.24) is 19.8 Å². The number of aromatic nitrogens is 2. The van der Waals surface area contributed by atoms with E-state index >= 15 is 0 Å². The Hall–Kier alpha value is -1.90. The molecule has 1 aromatic rings. The molecule has 4 rings (SSSR count). The van der Waals surface area contributed by atoms with Crippen LogP contribution in [0.15, 0.2) is 12.3 Å². The van der Waals surface area contributed by atoms with Crippen LogP contribution in [0.5, 0.6) is 6.01 Å². The lowest BCUT2D eigenvalue weighted by Gasteiger charge is -2.34. The van der Waals surface area contributed by atoms with Gasteiger partial charge in [-0.3, -0.25) is 9.69 Å². The lowest BCUT2D eigenvalue weighted by Crippen LogP contribution is -2.47. The molecule has 0 aromatic carbocycles. The van der Waals surface area contributed by atoms with Gasteiger partial charge in [0.1, 0.15) is 6.10 Å². The zero-order valence-corrected chi connectivity index (χ0v) is 14.3. The predicted octanol–water partition coefficient (Wildman–Crippen LogP) is 2.10. The summed E-state index contributed by atoms with van der Waals surface area (Å²) in [6, 6.07) is 0.982. The first kappa shape index (κ1) is 17.5. The third kappa shape index (κ3) is 3.62. The molecular weight excluding hydrogens is 349 g/mol. The summed E-state index contributed by atoms with van der Waals surface area (Å²) in [5.41, 5.74) is -1.00. The predicted molar refractivity (Wildman–Crippen MR) is 85.4 cm³/mol. The first-order valence-corrected chi connectivity index (χ1v) is 9.03. The maximum Gasteiger partial charge on any atom is 0.433 e. The third-order valence-corrected chi connectivity index (χ3v) is 5.31. The maximum atomic E-state index is 12.7. The topological polar surface area (TPSA) is 58.6 Å². The quantitative estimate of drug-likeness (QED) is 0.813. The monoisotopic (exact) mass is 370 g/mol. The molecular formula is C17H21F3N4O2. The number of rotatable bonds is 4. The second-order valence-electron chi connectivity index (χ2n) is 7.14. The molecule has 1 amide bonds. The lowest BCUT2D eigenvalue weighted by atomic mass is 10.0. The average Bonchev–Trinajstić information content (AvgIpc) is 3.38. The molecule has 0 spiro atoms. The van der Waals surface area contributed by atoms with Crippen LogP contribution in [-0.2, 0) is 11.0 Å². The van der Waals surface area contributed by atoms with E-state index in [1.165, 1.54) is 0 Å². The van der Waals surface area contributed by atoms with Gasteiger partial charge in [0.25, 0.3) is 0 Å². The molecule has 1 aromatic heterocycles. The smallest absolute Gasteiger partial charge is 0.433 e. The molecule has 1 atom stereocenters. The number of hydrogen-bond acceptors (Lipinski definition) is 5. The van der Waals surface area contributed by atoms with Crippen LogP contribution in [0.1, 0.15) is 37.8 Å². The highest BCUT2D eigenvalue weighted by molar-refractivity contribution is 5.84. The van der Waals surface area contributed by atoms with E-state index in [-0.39, 0.29) is 24.1 Å². The van der Waals surface area contributed by atoms with Gasteiger partial charge in [0.15, 0.2) is 5.69 Å². The van der Waals surface area contributed by atoms with Gasteiger partial charge in [-0.15, -0.1) is 0 Å². The summed E-state index contributed by atoms with van der Waals surface area (Å²) >= 11 is 0. The summed E-state index contributed by atoms with van der Waals surface area (Å²) in [6.07, 6.45) is 0.698. The highest BCUT2D eigenvalue weighted by Crippen LogP contribution is 2.33. The number of halogens is 3. The molecule has 0 N–H and O–H groups in total. The standard InChI is InChI=1S/C17H21F3N4O2/c18-17(19,20)14-3-7-21-16(22-14)26-12-4-8-23(9-5-12)13-6-10-24(15(13)25)11-1-2-11/h3,7,11-13H,1-2,4-6,8-10H2. The number of alkyl halides is 3. The molecule has 3 fully saturated rings. The van der Waals surface area contributed by atoms with Crippen molar-refractivity contribution in [2.75, 3.05) is 19.6 Å². The zero-order valence-electron chi connectivity index (χ0n) is 14.3. The second kappa shape index (κ2) is 6.68. The van der Waals surface area contributed by atoms with Crippen molar-refractivity contribution in [1.29, 1.82) is 0 Å². The van der Waals surface area contributed by atoms with Crippen molar-refractivity contribution in [2.24, 2.45) is 0 Å². The maximum absolute atomic E-state index is 12.7. The Labute approximate surface area is 149 Å². The number of carbonyl (C=O) groups is 1. The molecule has 1 unspecified atom stereocenters. The first-order valence-electron chi connectivity index (χ1n) is 9.03. The number of carbonyl (C=O) groups excluding carboxylic acids is 1. The van der Waals surface area contributed by atoms with Crippen molar-refractivity contribution in [3.63, 3.8) is 0 Å². The Kier molecular flexibility index (Phi) is 4.50. The van der Waals surface area contributed by atoms with Gasteiger partial charge in [-0.2, -0.15) is 18.2 Å². The molecule has 3 heterocycles. The molecule has 142 valence electrons. The molecule has 6 nitrogen and oxygen atoms in total. The minimum absolute atomic E-state index is 0.0543. The summed E-state index contributed by atoms with van der Waals surface area (Å²) in [7, 11) is 0. The van der Waals surface area contributed by atoms with Crippen molar-refractivity contribution < 1.29 is 22.7 Å². The van der Waals surface area contributed by atoms with E-state index in [0.717, 1.165) is 38.1 Å². The Bertz CT molecular complexity index is 672. The summed E-state index contributed by atoms with van der Waals surface area (Å²) in [6.45, 7) is 2.22. The van der Waals surface area contributed by atoms with Crippen LogP contribution < -0.4 is 4.74 Å². The average molecular weight is 370 g/mol. The van der Waals surface area contributed by atoms with Gasteiger partial charge in [0.2, 0.25) is 5.91 Å².